The summed E-state index contributed by atoms with van der Waals surface area (Å²) in [5.41, 5.74) is 4.37. The molecule has 0 atom stereocenters. The van der Waals surface area contributed by atoms with E-state index in [1.165, 1.54) is 12.3 Å². The number of nitrogens with one attached hydrogen (secondary N) is 2. The Morgan fingerprint density at radius 2 is 1.87 bits per heavy atom. The second kappa shape index (κ2) is 9.96. The largest absolute Gasteiger partial charge is 0.482 e. The number of carbonyl (C=O) groups is 2. The highest BCUT2D eigenvalue weighted by Gasteiger charge is 2.09. The van der Waals surface area contributed by atoms with Crippen LogP contribution in [0, 0.1) is 0 Å². The summed E-state index contributed by atoms with van der Waals surface area (Å²) in [7, 11) is 0. The Bertz CT molecular complexity index is 1060. The molecule has 3 aromatic rings. The van der Waals surface area contributed by atoms with Crippen LogP contribution in [0.2, 0.25) is 10.0 Å². The van der Waals surface area contributed by atoms with Crippen LogP contribution in [0.25, 0.3) is 0 Å². The zero-order valence-corrected chi connectivity index (χ0v) is 17.3. The fraction of sp³-hybridized carbons (Fsp3) is 0.0952. The number of benzene rings is 2. The van der Waals surface area contributed by atoms with E-state index in [2.05, 4.69) is 15.8 Å². The molecule has 9 heteroatoms. The number of anilines is 1. The van der Waals surface area contributed by atoms with Crippen LogP contribution in [-0.2, 0) is 4.79 Å². The maximum absolute atomic E-state index is 12.0. The summed E-state index contributed by atoms with van der Waals surface area (Å²) in [6.07, 6.45) is 1.43. The summed E-state index contributed by atoms with van der Waals surface area (Å²) >= 11 is 11.8. The third-order valence-corrected chi connectivity index (χ3v) is 4.44. The van der Waals surface area contributed by atoms with Gasteiger partial charge in [0.2, 0.25) is 0 Å². The van der Waals surface area contributed by atoms with Gasteiger partial charge in [0.15, 0.2) is 12.4 Å². The van der Waals surface area contributed by atoms with Crippen molar-refractivity contribution in [2.24, 2.45) is 5.10 Å². The van der Waals surface area contributed by atoms with Crippen molar-refractivity contribution in [3.63, 3.8) is 0 Å². The molecule has 2 amide bonds. The Balaban J connectivity index is 1.52. The minimum atomic E-state index is -0.442. The lowest BCUT2D eigenvalue weighted by Crippen LogP contribution is -2.25. The number of furan rings is 1. The summed E-state index contributed by atoms with van der Waals surface area (Å²) < 4.78 is 10.4. The van der Waals surface area contributed by atoms with Gasteiger partial charge in [0, 0.05) is 10.7 Å². The lowest BCUT2D eigenvalue weighted by molar-refractivity contribution is -0.123. The van der Waals surface area contributed by atoms with Gasteiger partial charge in [-0.2, -0.15) is 5.10 Å². The summed E-state index contributed by atoms with van der Waals surface area (Å²) in [6.45, 7) is 1.49. The standard InChI is InChI=1S/C21H17Cl2N3O4/c1-13(25-26-20(27)12-30-18-9-6-15(22)11-17(18)23)14-4-7-16(8-5-14)24-21(28)19-3-2-10-29-19/h2-11H,12H2,1H3,(H,24,28)(H,26,27)/b25-13+. The Kier molecular flexibility index (Phi) is 7.11. The van der Waals surface area contributed by atoms with E-state index < -0.39 is 5.91 Å². The second-order valence-corrected chi connectivity index (χ2v) is 6.95. The average molecular weight is 446 g/mol. The lowest BCUT2D eigenvalue weighted by atomic mass is 10.1. The molecular weight excluding hydrogens is 429 g/mol. The van der Waals surface area contributed by atoms with Crippen molar-refractivity contribution >= 4 is 46.4 Å². The predicted octanol–water partition coefficient (Wildman–Crippen LogP) is 4.76. The van der Waals surface area contributed by atoms with Gasteiger partial charge in [0.1, 0.15) is 5.75 Å². The number of nitrogens with zero attached hydrogens (tertiary/aromatic N) is 1. The molecule has 0 fully saturated rings. The van der Waals surface area contributed by atoms with Crippen LogP contribution in [0.5, 0.6) is 5.75 Å². The molecule has 30 heavy (non-hydrogen) atoms. The Morgan fingerprint density at radius 3 is 2.53 bits per heavy atom. The lowest BCUT2D eigenvalue weighted by Gasteiger charge is -2.08. The number of hydrazone groups is 1. The van der Waals surface area contributed by atoms with Gasteiger partial charge in [-0.3, -0.25) is 9.59 Å². The summed E-state index contributed by atoms with van der Waals surface area (Å²) in [4.78, 5) is 23.9. The SMILES string of the molecule is C/C(=N\NC(=O)COc1ccc(Cl)cc1Cl)c1ccc(NC(=O)c2ccco2)cc1. The van der Waals surface area contributed by atoms with Crippen molar-refractivity contribution in [1.82, 2.24) is 5.43 Å². The number of hydrogen-bond acceptors (Lipinski definition) is 5. The molecule has 0 bridgehead atoms. The van der Waals surface area contributed by atoms with Gasteiger partial charge >= 0.3 is 0 Å². The van der Waals surface area contributed by atoms with E-state index in [1.807, 2.05) is 0 Å². The number of hydrogen-bond donors (Lipinski definition) is 2. The maximum atomic E-state index is 12.0. The molecule has 3 rings (SSSR count). The normalized spacial score (nSPS) is 11.1. The summed E-state index contributed by atoms with van der Waals surface area (Å²) in [6, 6.07) is 14.9. The number of carbonyl (C=O) groups excluding carboxylic acids is 2. The molecule has 0 spiro atoms. The number of rotatable bonds is 7. The topological polar surface area (TPSA) is 92.9 Å². The van der Waals surface area contributed by atoms with Crippen molar-refractivity contribution in [3.8, 4) is 5.75 Å². The van der Waals surface area contributed by atoms with E-state index in [1.54, 1.807) is 55.5 Å². The molecule has 0 radical (unpaired) electrons. The molecule has 2 aromatic carbocycles. The van der Waals surface area contributed by atoms with Crippen molar-refractivity contribution < 1.29 is 18.7 Å². The minimum Gasteiger partial charge on any atom is -0.482 e. The molecule has 0 saturated heterocycles. The van der Waals surface area contributed by atoms with Gasteiger partial charge in [-0.25, -0.2) is 5.43 Å². The van der Waals surface area contributed by atoms with Gasteiger partial charge < -0.3 is 14.5 Å². The first-order chi connectivity index (χ1) is 14.4. The Hall–Kier alpha value is -3.29. The van der Waals surface area contributed by atoms with Crippen molar-refractivity contribution in [2.45, 2.75) is 6.92 Å². The van der Waals surface area contributed by atoms with Crippen molar-refractivity contribution in [3.05, 3.63) is 82.2 Å². The molecule has 0 aliphatic carbocycles. The van der Waals surface area contributed by atoms with Gasteiger partial charge in [-0.05, 0) is 55.0 Å². The monoisotopic (exact) mass is 445 g/mol. The molecule has 1 heterocycles. The molecule has 154 valence electrons. The fourth-order valence-electron chi connectivity index (χ4n) is 2.37. The first kappa shape index (κ1) is 21.4. The smallest absolute Gasteiger partial charge is 0.291 e. The number of amides is 2. The van der Waals surface area contributed by atoms with Crippen LogP contribution in [0.15, 0.2) is 70.4 Å². The first-order valence-electron chi connectivity index (χ1n) is 8.78. The van der Waals surface area contributed by atoms with E-state index >= 15 is 0 Å². The third-order valence-electron chi connectivity index (χ3n) is 3.91. The first-order valence-corrected chi connectivity index (χ1v) is 9.54. The maximum Gasteiger partial charge on any atom is 0.291 e. The predicted molar refractivity (Wildman–Crippen MR) is 115 cm³/mol. The van der Waals surface area contributed by atoms with Crippen LogP contribution >= 0.6 is 23.2 Å². The van der Waals surface area contributed by atoms with Crippen LogP contribution in [0.3, 0.4) is 0 Å². The highest BCUT2D eigenvalue weighted by atomic mass is 35.5. The highest BCUT2D eigenvalue weighted by Crippen LogP contribution is 2.27. The zero-order valence-electron chi connectivity index (χ0n) is 15.8. The number of halogens is 2. The van der Waals surface area contributed by atoms with E-state index in [0.717, 1.165) is 5.56 Å². The van der Waals surface area contributed by atoms with Crippen LogP contribution in [0.1, 0.15) is 23.0 Å². The molecule has 0 aliphatic rings. The molecular formula is C21H17Cl2N3O4. The van der Waals surface area contributed by atoms with Gasteiger partial charge in [0.25, 0.3) is 11.8 Å². The summed E-state index contributed by atoms with van der Waals surface area (Å²) in [5.74, 6) is -0.209. The van der Waals surface area contributed by atoms with E-state index in [4.69, 9.17) is 32.4 Å². The van der Waals surface area contributed by atoms with Gasteiger partial charge in [-0.15, -0.1) is 0 Å². The third kappa shape index (κ3) is 5.85. The Labute approximate surface area is 182 Å². The Morgan fingerprint density at radius 1 is 1.10 bits per heavy atom. The van der Waals surface area contributed by atoms with Crippen molar-refractivity contribution in [2.75, 3.05) is 11.9 Å². The van der Waals surface area contributed by atoms with Crippen LogP contribution < -0.4 is 15.5 Å². The van der Waals surface area contributed by atoms with Gasteiger partial charge in [-0.1, -0.05) is 35.3 Å². The molecule has 0 aliphatic heterocycles. The zero-order chi connectivity index (χ0) is 21.5. The summed E-state index contributed by atoms with van der Waals surface area (Å²) in [5, 5.41) is 7.57. The molecule has 7 nitrogen and oxygen atoms in total. The molecule has 1 aromatic heterocycles. The van der Waals surface area contributed by atoms with E-state index in [-0.39, 0.29) is 18.3 Å². The average Bonchev–Trinajstić information content (AvgIpc) is 3.27. The molecule has 0 saturated carbocycles. The van der Waals surface area contributed by atoms with Crippen LogP contribution in [-0.4, -0.2) is 24.1 Å². The number of ether oxygens (including phenoxy) is 1. The minimum absolute atomic E-state index is 0.224. The van der Waals surface area contributed by atoms with Gasteiger partial charge in [0.05, 0.1) is 17.0 Å². The fourth-order valence-corrected chi connectivity index (χ4v) is 2.84. The second-order valence-electron chi connectivity index (χ2n) is 6.10. The highest BCUT2D eigenvalue weighted by molar-refractivity contribution is 6.35. The van der Waals surface area contributed by atoms with E-state index in [9.17, 15) is 9.59 Å². The molecule has 0 unspecified atom stereocenters. The quantitative estimate of drug-likeness (QED) is 0.405. The molecule has 2 N–H and O–H groups in total. The van der Waals surface area contributed by atoms with Crippen LogP contribution in [0.4, 0.5) is 5.69 Å². The van der Waals surface area contributed by atoms with Crippen molar-refractivity contribution in [1.29, 1.82) is 0 Å². The van der Waals surface area contributed by atoms with E-state index in [0.29, 0.717) is 27.2 Å².